The van der Waals surface area contributed by atoms with Gasteiger partial charge in [0, 0.05) is 16.6 Å². The molecule has 1 aromatic heterocycles. The fourth-order valence-electron chi connectivity index (χ4n) is 2.54. The van der Waals surface area contributed by atoms with Gasteiger partial charge in [-0.2, -0.15) is 0 Å². The molecule has 0 bridgehead atoms. The first-order valence-corrected chi connectivity index (χ1v) is 8.24. The highest BCUT2D eigenvalue weighted by Gasteiger charge is 2.25. The Labute approximate surface area is 149 Å². The maximum Gasteiger partial charge on any atom is 0.156 e. The van der Waals surface area contributed by atoms with Gasteiger partial charge in [-0.05, 0) is 48.3 Å². The third-order valence-electron chi connectivity index (χ3n) is 3.61. The lowest BCUT2D eigenvalue weighted by Gasteiger charge is -2.23. The topological polar surface area (TPSA) is 21.3 Å². The van der Waals surface area contributed by atoms with Crippen molar-refractivity contribution in [1.82, 2.24) is 5.32 Å². The van der Waals surface area contributed by atoms with E-state index in [0.717, 1.165) is 10.1 Å². The van der Waals surface area contributed by atoms with Crippen molar-refractivity contribution in [2.45, 2.75) is 12.3 Å². The summed E-state index contributed by atoms with van der Waals surface area (Å²) in [5.74, 6) is 0.207. The van der Waals surface area contributed by atoms with E-state index < -0.39 is 18.1 Å². The molecule has 2 nitrogen and oxygen atoms in total. The Balaban J connectivity index is 0.00000208. The molecule has 0 fully saturated rings. The Morgan fingerprint density at radius 1 is 1.17 bits per heavy atom. The molecule has 0 aliphatic heterocycles. The van der Waals surface area contributed by atoms with Crippen LogP contribution in [-0.4, -0.2) is 19.8 Å². The van der Waals surface area contributed by atoms with Crippen molar-refractivity contribution in [3.05, 3.63) is 65.3 Å². The summed E-state index contributed by atoms with van der Waals surface area (Å²) in [5.41, 5.74) is 0.486. The number of benzene rings is 2. The molecule has 2 aromatic carbocycles. The molecule has 0 amide bonds. The average Bonchev–Trinajstić information content (AvgIpc) is 3.02. The first kappa shape index (κ1) is 18.6. The van der Waals surface area contributed by atoms with Crippen LogP contribution in [0.2, 0.25) is 0 Å². The van der Waals surface area contributed by atoms with Crippen LogP contribution in [0.3, 0.4) is 0 Å². The Bertz CT molecular complexity index is 795. The van der Waals surface area contributed by atoms with Gasteiger partial charge in [-0.15, -0.1) is 23.7 Å². The minimum atomic E-state index is -1.30. The number of nitrogens with one attached hydrogen (secondary N) is 1. The fourth-order valence-corrected chi connectivity index (χ4v) is 3.35. The summed E-state index contributed by atoms with van der Waals surface area (Å²) in [6.07, 6.45) is -2.17. The number of rotatable bonds is 6. The maximum absolute atomic E-state index is 14.6. The van der Waals surface area contributed by atoms with Crippen LogP contribution in [0.4, 0.5) is 8.78 Å². The second-order valence-corrected chi connectivity index (χ2v) is 6.20. The first-order valence-electron chi connectivity index (χ1n) is 7.36. The minimum Gasteiger partial charge on any atom is -0.482 e. The molecule has 6 heteroatoms. The molecular formula is C18H18ClF2NOS. The predicted octanol–water partition coefficient (Wildman–Crippen LogP) is 5.14. The van der Waals surface area contributed by atoms with E-state index >= 15 is 0 Å². The molecule has 0 aliphatic rings. The third-order valence-corrected chi connectivity index (χ3v) is 4.50. The van der Waals surface area contributed by atoms with Crippen molar-refractivity contribution >= 4 is 33.8 Å². The van der Waals surface area contributed by atoms with E-state index in [9.17, 15) is 8.78 Å². The molecule has 1 heterocycles. The molecule has 0 unspecified atom stereocenters. The van der Waals surface area contributed by atoms with Crippen molar-refractivity contribution in [1.29, 1.82) is 0 Å². The SMILES string of the molecule is CNC[C@H](F)[C@@H](Oc1cccc2sccc12)c1cccc(F)c1.Cl. The lowest BCUT2D eigenvalue weighted by molar-refractivity contribution is 0.101. The van der Waals surface area contributed by atoms with Crippen molar-refractivity contribution in [3.63, 3.8) is 0 Å². The van der Waals surface area contributed by atoms with E-state index in [2.05, 4.69) is 5.32 Å². The average molecular weight is 370 g/mol. The molecule has 0 spiro atoms. The van der Waals surface area contributed by atoms with Crippen LogP contribution in [-0.2, 0) is 0 Å². The Morgan fingerprint density at radius 3 is 2.71 bits per heavy atom. The summed E-state index contributed by atoms with van der Waals surface area (Å²) in [5, 5.41) is 5.71. The van der Waals surface area contributed by atoms with Gasteiger partial charge >= 0.3 is 0 Å². The van der Waals surface area contributed by atoms with Crippen LogP contribution >= 0.6 is 23.7 Å². The Kier molecular flexibility index (Phi) is 6.54. The largest absolute Gasteiger partial charge is 0.482 e. The highest BCUT2D eigenvalue weighted by atomic mass is 35.5. The number of alkyl halides is 1. The molecular weight excluding hydrogens is 352 g/mol. The van der Waals surface area contributed by atoms with Crippen molar-refractivity contribution in [2.75, 3.05) is 13.6 Å². The number of fused-ring (bicyclic) bond motifs is 1. The monoisotopic (exact) mass is 369 g/mol. The Hall–Kier alpha value is -1.69. The molecule has 3 rings (SSSR count). The molecule has 24 heavy (non-hydrogen) atoms. The molecule has 128 valence electrons. The van der Waals surface area contributed by atoms with Gasteiger partial charge in [0.2, 0.25) is 0 Å². The zero-order valence-electron chi connectivity index (χ0n) is 13.0. The molecule has 0 radical (unpaired) electrons. The highest BCUT2D eigenvalue weighted by molar-refractivity contribution is 7.17. The van der Waals surface area contributed by atoms with E-state index in [-0.39, 0.29) is 19.0 Å². The lowest BCUT2D eigenvalue weighted by atomic mass is 10.0. The molecule has 0 saturated heterocycles. The van der Waals surface area contributed by atoms with E-state index in [1.165, 1.54) is 12.1 Å². The number of hydrogen-bond acceptors (Lipinski definition) is 3. The van der Waals surface area contributed by atoms with Gasteiger partial charge in [0.1, 0.15) is 11.6 Å². The highest BCUT2D eigenvalue weighted by Crippen LogP contribution is 2.34. The van der Waals surface area contributed by atoms with Crippen LogP contribution in [0.25, 0.3) is 10.1 Å². The summed E-state index contributed by atoms with van der Waals surface area (Å²) in [6.45, 7) is 0.126. The van der Waals surface area contributed by atoms with Gasteiger partial charge in [0.05, 0.1) is 0 Å². The van der Waals surface area contributed by atoms with E-state index in [1.807, 2.05) is 29.6 Å². The summed E-state index contributed by atoms with van der Waals surface area (Å²) in [6, 6.07) is 13.5. The summed E-state index contributed by atoms with van der Waals surface area (Å²) >= 11 is 1.60. The quantitative estimate of drug-likeness (QED) is 0.649. The predicted molar refractivity (Wildman–Crippen MR) is 97.7 cm³/mol. The van der Waals surface area contributed by atoms with E-state index in [4.69, 9.17) is 4.74 Å². The van der Waals surface area contributed by atoms with Crippen molar-refractivity contribution in [3.8, 4) is 5.75 Å². The third kappa shape index (κ3) is 4.04. The molecule has 1 N–H and O–H groups in total. The summed E-state index contributed by atoms with van der Waals surface area (Å²) in [4.78, 5) is 0. The number of halogens is 3. The van der Waals surface area contributed by atoms with Gasteiger partial charge in [-0.1, -0.05) is 18.2 Å². The molecule has 0 saturated carbocycles. The molecule has 2 atom stereocenters. The standard InChI is InChI=1S/C18H17F2NOS.ClH/c1-21-11-15(20)18(12-4-2-5-13(19)10-12)22-16-6-3-7-17-14(16)8-9-23-17;/h2-10,15,18,21H,11H2,1H3;1H/t15-,18-;/m0./s1. The van der Waals surface area contributed by atoms with Crippen molar-refractivity contribution < 1.29 is 13.5 Å². The molecule has 0 aliphatic carbocycles. The van der Waals surface area contributed by atoms with Crippen LogP contribution in [0, 0.1) is 5.82 Å². The second kappa shape index (κ2) is 8.42. The van der Waals surface area contributed by atoms with E-state index in [0.29, 0.717) is 11.3 Å². The van der Waals surface area contributed by atoms with Crippen LogP contribution in [0.1, 0.15) is 11.7 Å². The van der Waals surface area contributed by atoms with Crippen LogP contribution in [0.15, 0.2) is 53.9 Å². The minimum absolute atomic E-state index is 0. The summed E-state index contributed by atoms with van der Waals surface area (Å²) < 4.78 is 35.2. The number of hydrogen-bond donors (Lipinski definition) is 1. The van der Waals surface area contributed by atoms with Gasteiger partial charge in [-0.25, -0.2) is 8.78 Å². The number of thiophene rings is 1. The maximum atomic E-state index is 14.6. The van der Waals surface area contributed by atoms with E-state index in [1.54, 1.807) is 30.5 Å². The van der Waals surface area contributed by atoms with Gasteiger partial charge in [0.15, 0.2) is 12.3 Å². The number of ether oxygens (including phenoxy) is 1. The zero-order valence-corrected chi connectivity index (χ0v) is 14.7. The normalized spacial score (nSPS) is 13.3. The van der Waals surface area contributed by atoms with Gasteiger partial charge in [-0.3, -0.25) is 0 Å². The van der Waals surface area contributed by atoms with Gasteiger partial charge in [0.25, 0.3) is 0 Å². The first-order chi connectivity index (χ1) is 11.2. The van der Waals surface area contributed by atoms with Crippen LogP contribution < -0.4 is 10.1 Å². The fraction of sp³-hybridized carbons (Fsp3) is 0.222. The van der Waals surface area contributed by atoms with Crippen LogP contribution in [0.5, 0.6) is 5.75 Å². The molecule has 3 aromatic rings. The van der Waals surface area contributed by atoms with Gasteiger partial charge < -0.3 is 10.1 Å². The smallest absolute Gasteiger partial charge is 0.156 e. The van der Waals surface area contributed by atoms with Crippen molar-refractivity contribution in [2.24, 2.45) is 0 Å². The lowest BCUT2D eigenvalue weighted by Crippen LogP contribution is -2.29. The zero-order chi connectivity index (χ0) is 16.2. The Morgan fingerprint density at radius 2 is 1.96 bits per heavy atom. The summed E-state index contributed by atoms with van der Waals surface area (Å²) in [7, 11) is 1.68. The second-order valence-electron chi connectivity index (χ2n) is 5.26.